The summed E-state index contributed by atoms with van der Waals surface area (Å²) in [5.74, 6) is 4.03. The van der Waals surface area contributed by atoms with Gasteiger partial charge in [0.1, 0.15) is 17.5 Å². The lowest BCUT2D eigenvalue weighted by Gasteiger charge is -2.33. The van der Waals surface area contributed by atoms with Crippen molar-refractivity contribution in [2.75, 3.05) is 20.3 Å². The molecule has 0 spiro atoms. The molecule has 0 aliphatic carbocycles. The van der Waals surface area contributed by atoms with Crippen molar-refractivity contribution in [1.82, 2.24) is 14.6 Å². The summed E-state index contributed by atoms with van der Waals surface area (Å²) in [4.78, 5) is 4.65. The lowest BCUT2D eigenvalue weighted by molar-refractivity contribution is 0.0548. The third-order valence-corrected chi connectivity index (χ3v) is 7.67. The molecule has 7 nitrogen and oxygen atoms in total. The van der Waals surface area contributed by atoms with E-state index < -0.39 is 29.1 Å². The third kappa shape index (κ3) is 4.91. The number of aromatic nitrogens is 2. The Bertz CT molecular complexity index is 1610. The zero-order valence-electron chi connectivity index (χ0n) is 23.0. The quantitative estimate of drug-likeness (QED) is 0.221. The molecule has 1 unspecified atom stereocenters. The zero-order valence-corrected chi connectivity index (χ0v) is 23.0. The molecule has 0 bridgehead atoms. The average Bonchev–Trinajstić information content (AvgIpc) is 3.19. The number of halogens is 3. The van der Waals surface area contributed by atoms with Gasteiger partial charge in [0.15, 0.2) is 0 Å². The summed E-state index contributed by atoms with van der Waals surface area (Å²) >= 11 is 0. The van der Waals surface area contributed by atoms with Gasteiger partial charge in [0, 0.05) is 49.3 Å². The van der Waals surface area contributed by atoms with Gasteiger partial charge in [0.2, 0.25) is 0 Å². The van der Waals surface area contributed by atoms with Gasteiger partial charge in [-0.25, -0.2) is 19.0 Å². The van der Waals surface area contributed by atoms with Gasteiger partial charge in [0.25, 0.3) is 0 Å². The number of fused-ring (bicyclic) bond motifs is 3. The van der Waals surface area contributed by atoms with Crippen molar-refractivity contribution in [2.45, 2.75) is 45.3 Å². The van der Waals surface area contributed by atoms with Crippen LogP contribution in [0.2, 0.25) is 0 Å². The SMILES string of the molecule is C/C(N)=C(\c1cnc2c3c(F)cc(C(C)(C)O)cc3n(C(c3ccc(F)cc3F)C3CCOCC3)c2c1)N(C)N. The molecule has 40 heavy (non-hydrogen) atoms. The number of hydrogen-bond acceptors (Lipinski definition) is 6. The van der Waals surface area contributed by atoms with E-state index in [1.54, 1.807) is 40.1 Å². The van der Waals surface area contributed by atoms with Gasteiger partial charge in [-0.05, 0) is 69.4 Å². The number of aliphatic hydroxyl groups is 1. The number of allylic oxidation sites excluding steroid dienone is 1. The van der Waals surface area contributed by atoms with Crippen LogP contribution >= 0.6 is 0 Å². The van der Waals surface area contributed by atoms with Crippen LogP contribution < -0.4 is 11.6 Å². The first-order valence-electron chi connectivity index (χ1n) is 13.2. The van der Waals surface area contributed by atoms with E-state index >= 15 is 8.78 Å². The second-order valence-corrected chi connectivity index (χ2v) is 11.1. The molecule has 0 saturated carbocycles. The van der Waals surface area contributed by atoms with Crippen molar-refractivity contribution < 1.29 is 23.0 Å². The smallest absolute Gasteiger partial charge is 0.135 e. The zero-order chi connectivity index (χ0) is 28.9. The average molecular weight is 554 g/mol. The fourth-order valence-electron chi connectivity index (χ4n) is 5.84. The molecule has 1 aliphatic rings. The molecule has 5 rings (SSSR count). The normalized spacial score (nSPS) is 16.4. The summed E-state index contributed by atoms with van der Waals surface area (Å²) < 4.78 is 53.0. The standard InChI is InChI=1S/C30H34F3N5O2/c1-16(34)28(37(4)35)18-11-25-27(36-15-18)26-23(33)12-19(30(2,3)39)13-24(26)38(25)29(17-7-9-40-10-8-17)21-6-5-20(31)14-22(21)32/h5-6,11-15,17,29,39H,7-10,34-35H2,1-4H3/b28-16-. The first-order valence-corrected chi connectivity index (χ1v) is 13.2. The Morgan fingerprint density at radius 3 is 2.40 bits per heavy atom. The third-order valence-electron chi connectivity index (χ3n) is 7.67. The molecule has 1 saturated heterocycles. The molecule has 1 atom stereocenters. The Kier molecular flexibility index (Phi) is 7.28. The molecule has 2 aromatic heterocycles. The van der Waals surface area contributed by atoms with Crippen molar-refractivity contribution in [3.8, 4) is 0 Å². The van der Waals surface area contributed by atoms with Gasteiger partial charge in [-0.2, -0.15) is 0 Å². The minimum atomic E-state index is -1.35. The predicted octanol–water partition coefficient (Wildman–Crippen LogP) is 5.30. The molecule has 212 valence electrons. The van der Waals surface area contributed by atoms with Crippen LogP contribution in [-0.4, -0.2) is 39.9 Å². The lowest BCUT2D eigenvalue weighted by Crippen LogP contribution is -2.28. The summed E-state index contributed by atoms with van der Waals surface area (Å²) in [7, 11) is 1.65. The second-order valence-electron chi connectivity index (χ2n) is 11.1. The van der Waals surface area contributed by atoms with E-state index in [1.165, 1.54) is 23.2 Å². The second kappa shape index (κ2) is 10.4. The largest absolute Gasteiger partial charge is 0.401 e. The topological polar surface area (TPSA) is 103 Å². The number of pyridine rings is 1. The van der Waals surface area contributed by atoms with E-state index in [-0.39, 0.29) is 16.9 Å². The molecule has 1 aliphatic heterocycles. The Labute approximate surface area is 230 Å². The van der Waals surface area contributed by atoms with Gasteiger partial charge in [-0.1, -0.05) is 6.07 Å². The molecular formula is C30H34F3N5O2. The fraction of sp³-hybridized carbons (Fsp3) is 0.367. The summed E-state index contributed by atoms with van der Waals surface area (Å²) in [6.07, 6.45) is 2.80. The minimum absolute atomic E-state index is 0.117. The van der Waals surface area contributed by atoms with Gasteiger partial charge < -0.3 is 25.2 Å². The highest BCUT2D eigenvalue weighted by atomic mass is 19.1. The van der Waals surface area contributed by atoms with Crippen molar-refractivity contribution in [1.29, 1.82) is 0 Å². The molecule has 4 aromatic rings. The molecule has 2 aromatic carbocycles. The highest BCUT2D eigenvalue weighted by molar-refractivity contribution is 6.07. The molecule has 3 heterocycles. The maximum absolute atomic E-state index is 15.9. The fourth-order valence-corrected chi connectivity index (χ4v) is 5.84. The molecule has 0 radical (unpaired) electrons. The monoisotopic (exact) mass is 553 g/mol. The maximum atomic E-state index is 15.9. The van der Waals surface area contributed by atoms with Crippen molar-refractivity contribution >= 4 is 27.6 Å². The van der Waals surface area contributed by atoms with E-state index in [0.717, 1.165) is 6.07 Å². The van der Waals surface area contributed by atoms with E-state index in [4.69, 9.17) is 16.3 Å². The molecule has 0 amide bonds. The maximum Gasteiger partial charge on any atom is 0.135 e. The first-order chi connectivity index (χ1) is 18.9. The van der Waals surface area contributed by atoms with Gasteiger partial charge >= 0.3 is 0 Å². The van der Waals surface area contributed by atoms with Crippen LogP contribution in [0, 0.1) is 23.4 Å². The van der Waals surface area contributed by atoms with E-state index in [0.29, 0.717) is 65.1 Å². The number of ether oxygens (including phenoxy) is 1. The summed E-state index contributed by atoms with van der Waals surface area (Å²) in [5, 5.41) is 12.4. The minimum Gasteiger partial charge on any atom is -0.401 e. The Morgan fingerprint density at radius 2 is 1.80 bits per heavy atom. The molecular weight excluding hydrogens is 519 g/mol. The highest BCUT2D eigenvalue weighted by Gasteiger charge is 2.33. The number of benzene rings is 2. The Balaban J connectivity index is 1.93. The first kappa shape index (κ1) is 27.9. The van der Waals surface area contributed by atoms with Crippen LogP contribution in [0.15, 0.2) is 48.3 Å². The van der Waals surface area contributed by atoms with Crippen LogP contribution in [0.4, 0.5) is 13.2 Å². The summed E-state index contributed by atoms with van der Waals surface area (Å²) in [6, 6.07) is 7.71. The van der Waals surface area contributed by atoms with Crippen LogP contribution in [0.3, 0.4) is 0 Å². The number of nitrogens with two attached hydrogens (primary N) is 2. The number of hydrazine groups is 1. The van der Waals surface area contributed by atoms with Crippen molar-refractivity contribution in [2.24, 2.45) is 17.5 Å². The van der Waals surface area contributed by atoms with Crippen molar-refractivity contribution in [3.63, 3.8) is 0 Å². The number of rotatable bonds is 6. The van der Waals surface area contributed by atoms with Crippen LogP contribution in [0.5, 0.6) is 0 Å². The van der Waals surface area contributed by atoms with Gasteiger partial charge in [-0.3, -0.25) is 4.98 Å². The van der Waals surface area contributed by atoms with Crippen LogP contribution in [0.1, 0.15) is 56.3 Å². The van der Waals surface area contributed by atoms with Gasteiger partial charge in [-0.15, -0.1) is 0 Å². The molecule has 5 N–H and O–H groups in total. The Hall–Kier alpha value is -3.60. The molecule has 1 fully saturated rings. The molecule has 10 heteroatoms. The van der Waals surface area contributed by atoms with Crippen LogP contribution in [0.25, 0.3) is 27.6 Å². The lowest BCUT2D eigenvalue weighted by atomic mass is 9.86. The summed E-state index contributed by atoms with van der Waals surface area (Å²) in [5.41, 5.74) is 8.34. The number of nitrogens with zero attached hydrogens (tertiary/aromatic N) is 3. The van der Waals surface area contributed by atoms with Gasteiger partial charge in [0.05, 0.1) is 39.3 Å². The Morgan fingerprint density at radius 1 is 1.10 bits per heavy atom. The predicted molar refractivity (Wildman–Crippen MR) is 149 cm³/mol. The highest BCUT2D eigenvalue weighted by Crippen LogP contribution is 2.43. The van der Waals surface area contributed by atoms with Crippen LogP contribution in [-0.2, 0) is 10.3 Å². The van der Waals surface area contributed by atoms with E-state index in [2.05, 4.69) is 4.98 Å². The van der Waals surface area contributed by atoms with E-state index in [1.807, 2.05) is 10.6 Å². The number of hydrogen-bond donors (Lipinski definition) is 3. The van der Waals surface area contributed by atoms with E-state index in [9.17, 15) is 9.50 Å². The summed E-state index contributed by atoms with van der Waals surface area (Å²) in [6.45, 7) is 5.82. The van der Waals surface area contributed by atoms with Crippen molar-refractivity contribution in [3.05, 3.63) is 82.4 Å².